The van der Waals surface area contributed by atoms with Crippen molar-refractivity contribution in [2.45, 2.75) is 24.3 Å². The van der Waals surface area contributed by atoms with Gasteiger partial charge in [-0.05, 0) is 26.0 Å². The number of Topliss-reactive ketones (excluding diaryl/α,β-unsaturated/α-hetero) is 1. The van der Waals surface area contributed by atoms with E-state index in [0.29, 0.717) is 11.3 Å². The second kappa shape index (κ2) is 7.05. The van der Waals surface area contributed by atoms with Crippen molar-refractivity contribution >= 4 is 41.0 Å². The van der Waals surface area contributed by atoms with Crippen molar-refractivity contribution in [3.63, 3.8) is 0 Å². The lowest BCUT2D eigenvalue weighted by molar-refractivity contribution is -0.115. The van der Waals surface area contributed by atoms with Crippen molar-refractivity contribution in [1.82, 2.24) is 15.0 Å². The minimum Gasteiger partial charge on any atom is -0.368 e. The average Bonchev–Trinajstić information content (AvgIpc) is 2.46. The van der Waals surface area contributed by atoms with Crippen LogP contribution in [0.3, 0.4) is 0 Å². The van der Waals surface area contributed by atoms with Crippen LogP contribution in [-0.4, -0.2) is 31.9 Å². The first-order chi connectivity index (χ1) is 10.9. The number of nitrogens with zero attached hydrogens (tertiary/aromatic N) is 3. The summed E-state index contributed by atoms with van der Waals surface area (Å²) in [5, 5.41) is 2.47. The fourth-order valence-electron chi connectivity index (χ4n) is 1.79. The molecule has 5 N–H and O–H groups in total. The molecule has 2 rings (SSSR count). The molecule has 0 aliphatic carbocycles. The molecule has 0 unspecified atom stereocenters. The standard InChI is InChI=1S/C14H16N6O2S/c1-7(21)9-5-3-4-6-10(9)17-11(22)8(2)23-14-19-12(15)18-13(16)20-14/h3-6,8H,1-2H3,(H,17,22)(H4,15,16,18,19,20)/t8-/m0/s1. The van der Waals surface area contributed by atoms with Crippen LogP contribution in [0.25, 0.3) is 0 Å². The number of thioether (sulfide) groups is 1. The summed E-state index contributed by atoms with van der Waals surface area (Å²) in [7, 11) is 0. The fraction of sp³-hybridized carbons (Fsp3) is 0.214. The number of hydrogen-bond donors (Lipinski definition) is 3. The molecule has 1 heterocycles. The van der Waals surface area contributed by atoms with Gasteiger partial charge in [0.2, 0.25) is 17.8 Å². The fourth-order valence-corrected chi connectivity index (χ4v) is 2.56. The predicted molar refractivity (Wildman–Crippen MR) is 89.0 cm³/mol. The maximum absolute atomic E-state index is 12.3. The third kappa shape index (κ3) is 4.39. The van der Waals surface area contributed by atoms with E-state index in [1.54, 1.807) is 31.2 Å². The first-order valence-corrected chi connectivity index (χ1v) is 7.59. The van der Waals surface area contributed by atoms with Crippen LogP contribution in [0, 0.1) is 0 Å². The number of nitrogens with one attached hydrogen (secondary N) is 1. The molecular formula is C14H16N6O2S. The van der Waals surface area contributed by atoms with E-state index < -0.39 is 5.25 Å². The van der Waals surface area contributed by atoms with E-state index in [1.807, 2.05) is 0 Å². The van der Waals surface area contributed by atoms with Crippen LogP contribution in [-0.2, 0) is 4.79 Å². The number of nitrogen functional groups attached to an aromatic ring is 2. The van der Waals surface area contributed by atoms with E-state index in [0.717, 1.165) is 11.8 Å². The Morgan fingerprint density at radius 1 is 1.13 bits per heavy atom. The zero-order valence-corrected chi connectivity index (χ0v) is 13.4. The van der Waals surface area contributed by atoms with E-state index in [4.69, 9.17) is 11.5 Å². The van der Waals surface area contributed by atoms with Gasteiger partial charge in [-0.25, -0.2) is 0 Å². The maximum atomic E-state index is 12.3. The van der Waals surface area contributed by atoms with Crippen molar-refractivity contribution in [1.29, 1.82) is 0 Å². The minimum absolute atomic E-state index is 0.00506. The lowest BCUT2D eigenvalue weighted by Gasteiger charge is -2.13. The Bertz CT molecular complexity index is 732. The summed E-state index contributed by atoms with van der Waals surface area (Å²) < 4.78 is 0. The summed E-state index contributed by atoms with van der Waals surface area (Å²) in [5.41, 5.74) is 11.9. The number of rotatable bonds is 5. The number of hydrogen-bond acceptors (Lipinski definition) is 8. The monoisotopic (exact) mass is 332 g/mol. The predicted octanol–water partition coefficient (Wildman–Crippen LogP) is 1.36. The number of ketones is 1. The molecule has 23 heavy (non-hydrogen) atoms. The highest BCUT2D eigenvalue weighted by atomic mass is 32.2. The first kappa shape index (κ1) is 16.7. The van der Waals surface area contributed by atoms with Crippen molar-refractivity contribution in [2.75, 3.05) is 16.8 Å². The van der Waals surface area contributed by atoms with Crippen LogP contribution in [0.1, 0.15) is 24.2 Å². The van der Waals surface area contributed by atoms with Crippen LogP contribution >= 0.6 is 11.8 Å². The summed E-state index contributed by atoms with van der Waals surface area (Å²) in [6, 6.07) is 6.81. The van der Waals surface area contributed by atoms with Gasteiger partial charge >= 0.3 is 0 Å². The number of benzene rings is 1. The highest BCUT2D eigenvalue weighted by molar-refractivity contribution is 8.00. The van der Waals surface area contributed by atoms with Crippen molar-refractivity contribution in [3.8, 4) is 0 Å². The van der Waals surface area contributed by atoms with Crippen LogP contribution in [0.2, 0.25) is 0 Å². The van der Waals surface area contributed by atoms with Gasteiger partial charge in [0.1, 0.15) is 0 Å². The third-order valence-corrected chi connectivity index (χ3v) is 3.83. The van der Waals surface area contributed by atoms with E-state index in [9.17, 15) is 9.59 Å². The number of amides is 1. The Balaban J connectivity index is 2.10. The Labute approximate surface area is 137 Å². The molecule has 1 atom stereocenters. The molecule has 0 fully saturated rings. The van der Waals surface area contributed by atoms with Gasteiger partial charge in [0.15, 0.2) is 10.9 Å². The molecule has 0 spiro atoms. The van der Waals surface area contributed by atoms with Gasteiger partial charge < -0.3 is 16.8 Å². The molecule has 1 amide bonds. The molecule has 0 saturated carbocycles. The van der Waals surface area contributed by atoms with Crippen molar-refractivity contribution in [3.05, 3.63) is 29.8 Å². The molecular weight excluding hydrogens is 316 g/mol. The lowest BCUT2D eigenvalue weighted by atomic mass is 10.1. The Hall–Kier alpha value is -2.68. The summed E-state index contributed by atoms with van der Waals surface area (Å²) in [6.07, 6.45) is 0. The van der Waals surface area contributed by atoms with E-state index in [2.05, 4.69) is 20.3 Å². The van der Waals surface area contributed by atoms with Gasteiger partial charge in [-0.15, -0.1) is 0 Å². The highest BCUT2D eigenvalue weighted by Crippen LogP contribution is 2.23. The lowest BCUT2D eigenvalue weighted by Crippen LogP contribution is -2.24. The molecule has 120 valence electrons. The Morgan fingerprint density at radius 3 is 2.35 bits per heavy atom. The first-order valence-electron chi connectivity index (χ1n) is 6.71. The van der Waals surface area contributed by atoms with Gasteiger partial charge in [-0.3, -0.25) is 9.59 Å². The number of para-hydroxylation sites is 1. The number of carbonyl (C=O) groups excluding carboxylic acids is 2. The molecule has 0 aliphatic rings. The minimum atomic E-state index is -0.517. The van der Waals surface area contributed by atoms with Crippen LogP contribution in [0.4, 0.5) is 17.6 Å². The van der Waals surface area contributed by atoms with E-state index in [1.165, 1.54) is 6.92 Å². The molecule has 1 aromatic heterocycles. The summed E-state index contributed by atoms with van der Waals surface area (Å²) in [5.74, 6) is -0.426. The van der Waals surface area contributed by atoms with E-state index >= 15 is 0 Å². The molecule has 0 radical (unpaired) electrons. The van der Waals surface area contributed by atoms with Gasteiger partial charge in [-0.2, -0.15) is 15.0 Å². The largest absolute Gasteiger partial charge is 0.368 e. The highest BCUT2D eigenvalue weighted by Gasteiger charge is 2.18. The molecule has 0 aliphatic heterocycles. The van der Waals surface area contributed by atoms with Gasteiger partial charge in [0.25, 0.3) is 0 Å². The average molecular weight is 332 g/mol. The zero-order valence-electron chi connectivity index (χ0n) is 12.6. The second-order valence-electron chi connectivity index (χ2n) is 4.69. The smallest absolute Gasteiger partial charge is 0.237 e. The summed E-state index contributed by atoms with van der Waals surface area (Å²) >= 11 is 1.09. The molecule has 1 aromatic carbocycles. The quantitative estimate of drug-likeness (QED) is 0.551. The molecule has 0 bridgehead atoms. The maximum Gasteiger partial charge on any atom is 0.237 e. The Kier molecular flexibility index (Phi) is 5.12. The second-order valence-corrected chi connectivity index (χ2v) is 5.99. The summed E-state index contributed by atoms with van der Waals surface area (Å²) in [6.45, 7) is 3.13. The number of aromatic nitrogens is 3. The molecule has 2 aromatic rings. The Morgan fingerprint density at radius 2 is 1.74 bits per heavy atom. The third-order valence-electron chi connectivity index (χ3n) is 2.87. The van der Waals surface area contributed by atoms with Crippen LogP contribution < -0.4 is 16.8 Å². The number of carbonyl (C=O) groups is 2. The molecule has 0 saturated heterocycles. The van der Waals surface area contributed by atoms with Crippen LogP contribution in [0.15, 0.2) is 29.4 Å². The molecule has 8 nitrogen and oxygen atoms in total. The van der Waals surface area contributed by atoms with Crippen molar-refractivity contribution < 1.29 is 9.59 Å². The van der Waals surface area contributed by atoms with Crippen molar-refractivity contribution in [2.24, 2.45) is 0 Å². The number of nitrogens with two attached hydrogens (primary N) is 2. The zero-order chi connectivity index (χ0) is 17.0. The number of anilines is 3. The van der Waals surface area contributed by atoms with E-state index in [-0.39, 0.29) is 28.7 Å². The van der Waals surface area contributed by atoms with Gasteiger partial charge in [0, 0.05) is 5.56 Å². The molecule has 9 heteroatoms. The van der Waals surface area contributed by atoms with Crippen LogP contribution in [0.5, 0.6) is 0 Å². The topological polar surface area (TPSA) is 137 Å². The van der Waals surface area contributed by atoms with Gasteiger partial charge in [-0.1, -0.05) is 23.9 Å². The normalized spacial score (nSPS) is 11.7. The van der Waals surface area contributed by atoms with Gasteiger partial charge in [0.05, 0.1) is 10.9 Å². The summed E-state index contributed by atoms with van der Waals surface area (Å²) in [4.78, 5) is 35.4. The SMILES string of the molecule is CC(=O)c1ccccc1NC(=O)[C@H](C)Sc1nc(N)nc(N)n1.